The molecule has 2 N–H and O–H groups in total. The van der Waals surface area contributed by atoms with Crippen LogP contribution in [0.2, 0.25) is 0 Å². The summed E-state index contributed by atoms with van der Waals surface area (Å²) in [6, 6.07) is 4.71. The molecule has 0 unspecified atom stereocenters. The average Bonchev–Trinajstić information content (AvgIpc) is 2.98. The number of imidazole rings is 1. The van der Waals surface area contributed by atoms with Crippen LogP contribution in [-0.4, -0.2) is 15.9 Å². The van der Waals surface area contributed by atoms with E-state index in [2.05, 4.69) is 10.1 Å². The molecule has 3 aromatic rings. The third-order valence-electron chi connectivity index (χ3n) is 3.07. The summed E-state index contributed by atoms with van der Waals surface area (Å²) in [6.45, 7) is 1.79. The Hall–Kier alpha value is -2.35. The molecule has 0 spiro atoms. The third-order valence-corrected chi connectivity index (χ3v) is 4.02. The molecule has 22 heavy (non-hydrogen) atoms. The van der Waals surface area contributed by atoms with Gasteiger partial charge in [0.05, 0.1) is 23.7 Å². The van der Waals surface area contributed by atoms with Gasteiger partial charge in [-0.3, -0.25) is 0 Å². The van der Waals surface area contributed by atoms with Crippen molar-refractivity contribution in [1.82, 2.24) is 9.66 Å². The number of alkyl halides is 3. The Balaban J connectivity index is 1.95. The van der Waals surface area contributed by atoms with Crippen LogP contribution in [0.15, 0.2) is 34.9 Å². The van der Waals surface area contributed by atoms with Gasteiger partial charge in [-0.1, -0.05) is 12.1 Å². The minimum Gasteiger partial charge on any atom is -0.368 e. The average molecular weight is 324 g/mol. The molecule has 1 aromatic carbocycles. The molecule has 0 aliphatic heterocycles. The van der Waals surface area contributed by atoms with E-state index in [-0.39, 0.29) is 11.3 Å². The van der Waals surface area contributed by atoms with Crippen LogP contribution in [0, 0.1) is 6.92 Å². The molecule has 0 saturated heterocycles. The summed E-state index contributed by atoms with van der Waals surface area (Å²) < 4.78 is 40.4. The van der Waals surface area contributed by atoms with Crippen LogP contribution < -0.4 is 5.73 Å². The fourth-order valence-corrected chi connectivity index (χ4v) is 3.08. The van der Waals surface area contributed by atoms with Gasteiger partial charge < -0.3 is 5.73 Å². The summed E-state index contributed by atoms with van der Waals surface area (Å²) in [5.41, 5.74) is 6.48. The predicted molar refractivity (Wildman–Crippen MR) is 81.2 cm³/mol. The van der Waals surface area contributed by atoms with E-state index >= 15 is 0 Å². The number of benzene rings is 1. The molecule has 2 heterocycles. The van der Waals surface area contributed by atoms with Crippen molar-refractivity contribution in [2.45, 2.75) is 13.1 Å². The molecule has 4 nitrogen and oxygen atoms in total. The van der Waals surface area contributed by atoms with Crippen molar-refractivity contribution < 1.29 is 13.2 Å². The molecule has 0 fully saturated rings. The second-order valence-corrected chi connectivity index (χ2v) is 5.64. The van der Waals surface area contributed by atoms with Crippen LogP contribution in [0.4, 0.5) is 19.1 Å². The molecule has 3 rings (SSSR count). The quantitative estimate of drug-likeness (QED) is 0.727. The summed E-state index contributed by atoms with van der Waals surface area (Å²) >= 11 is 1.06. The van der Waals surface area contributed by atoms with Gasteiger partial charge in [-0.15, -0.1) is 11.3 Å². The van der Waals surface area contributed by atoms with Crippen molar-refractivity contribution in [2.75, 3.05) is 5.73 Å². The lowest BCUT2D eigenvalue weighted by Crippen LogP contribution is -2.03. The minimum absolute atomic E-state index is 0.202. The molecular formula is C14H11F3N4S. The number of fused-ring (bicyclic) bond motifs is 1. The van der Waals surface area contributed by atoms with Crippen molar-refractivity contribution in [3.05, 3.63) is 46.6 Å². The normalized spacial score (nSPS) is 12.5. The van der Waals surface area contributed by atoms with Crippen molar-refractivity contribution in [1.29, 1.82) is 0 Å². The standard InChI is InChI=1S/C14H11F3N4S/c1-8-6-21(13(18)20-8)19-5-9-2-3-10-11(14(15,16)17)7-22-12(10)4-9/h2-7H,1H3,(H2,18,20). The maximum Gasteiger partial charge on any atom is 0.417 e. The Bertz CT molecular complexity index is 861. The first kappa shape index (κ1) is 14.6. The lowest BCUT2D eigenvalue weighted by Gasteiger charge is -2.04. The van der Waals surface area contributed by atoms with E-state index in [0.29, 0.717) is 10.3 Å². The van der Waals surface area contributed by atoms with Gasteiger partial charge in [0.25, 0.3) is 0 Å². The van der Waals surface area contributed by atoms with Gasteiger partial charge in [0, 0.05) is 15.5 Å². The Morgan fingerprint density at radius 3 is 2.77 bits per heavy atom. The maximum atomic E-state index is 12.8. The summed E-state index contributed by atoms with van der Waals surface area (Å²) in [5.74, 6) is 0.255. The molecule has 0 saturated carbocycles. The highest BCUT2D eigenvalue weighted by Crippen LogP contribution is 2.38. The molecular weight excluding hydrogens is 313 g/mol. The third kappa shape index (κ3) is 2.69. The van der Waals surface area contributed by atoms with Crippen molar-refractivity contribution in [3.63, 3.8) is 0 Å². The summed E-state index contributed by atoms with van der Waals surface area (Å²) in [7, 11) is 0. The van der Waals surface area contributed by atoms with Crippen LogP contribution in [0.25, 0.3) is 10.1 Å². The fraction of sp³-hybridized carbons (Fsp3) is 0.143. The number of nitrogens with zero attached hydrogens (tertiary/aromatic N) is 3. The van der Waals surface area contributed by atoms with Crippen LogP contribution in [0.3, 0.4) is 0 Å². The van der Waals surface area contributed by atoms with Gasteiger partial charge in [-0.2, -0.15) is 18.3 Å². The number of thiophene rings is 1. The summed E-state index contributed by atoms with van der Waals surface area (Å²) in [6.07, 6.45) is -1.14. The zero-order valence-electron chi connectivity index (χ0n) is 11.4. The largest absolute Gasteiger partial charge is 0.417 e. The zero-order valence-corrected chi connectivity index (χ0v) is 12.2. The SMILES string of the molecule is Cc1cn(N=Cc2ccc3c(C(F)(F)F)csc3c2)c(N)n1. The Labute approximate surface area is 127 Å². The fourth-order valence-electron chi connectivity index (χ4n) is 2.07. The van der Waals surface area contributed by atoms with E-state index in [1.165, 1.54) is 17.0 Å². The van der Waals surface area contributed by atoms with Crippen LogP contribution in [0.5, 0.6) is 0 Å². The molecule has 114 valence electrons. The van der Waals surface area contributed by atoms with Crippen molar-refractivity contribution in [3.8, 4) is 0 Å². The van der Waals surface area contributed by atoms with Gasteiger partial charge >= 0.3 is 6.18 Å². The molecule has 8 heteroatoms. The van der Waals surface area contributed by atoms with E-state index < -0.39 is 11.7 Å². The van der Waals surface area contributed by atoms with Crippen molar-refractivity contribution >= 4 is 33.6 Å². The molecule has 0 aliphatic carbocycles. The maximum absolute atomic E-state index is 12.8. The smallest absolute Gasteiger partial charge is 0.368 e. The van der Waals surface area contributed by atoms with Gasteiger partial charge in [-0.25, -0.2) is 9.66 Å². The second-order valence-electron chi connectivity index (χ2n) is 4.73. The monoisotopic (exact) mass is 324 g/mol. The first-order valence-electron chi connectivity index (χ1n) is 6.29. The lowest BCUT2D eigenvalue weighted by atomic mass is 10.1. The van der Waals surface area contributed by atoms with Gasteiger partial charge in [0.15, 0.2) is 0 Å². The Kier molecular flexibility index (Phi) is 3.40. The first-order valence-corrected chi connectivity index (χ1v) is 7.17. The summed E-state index contributed by atoms with van der Waals surface area (Å²) in [4.78, 5) is 4.01. The van der Waals surface area contributed by atoms with Crippen LogP contribution in [-0.2, 0) is 6.18 Å². The Morgan fingerprint density at radius 1 is 1.36 bits per heavy atom. The number of anilines is 1. The molecule has 0 bridgehead atoms. The minimum atomic E-state index is -4.34. The van der Waals surface area contributed by atoms with E-state index in [1.807, 2.05) is 0 Å². The van der Waals surface area contributed by atoms with Gasteiger partial charge in [-0.05, 0) is 18.6 Å². The molecule has 2 aromatic heterocycles. The Morgan fingerprint density at radius 2 is 2.14 bits per heavy atom. The molecule has 0 atom stereocenters. The predicted octanol–water partition coefficient (Wildman–Crippen LogP) is 3.89. The van der Waals surface area contributed by atoms with Gasteiger partial charge in [0.2, 0.25) is 5.95 Å². The number of hydrogen-bond acceptors (Lipinski definition) is 4. The number of hydrogen-bond donors (Lipinski definition) is 1. The lowest BCUT2D eigenvalue weighted by molar-refractivity contribution is -0.136. The van der Waals surface area contributed by atoms with Crippen LogP contribution in [0.1, 0.15) is 16.8 Å². The molecule has 0 radical (unpaired) electrons. The first-order chi connectivity index (χ1) is 10.3. The molecule has 0 aliphatic rings. The van der Waals surface area contributed by atoms with E-state index in [1.54, 1.807) is 25.3 Å². The number of halogens is 3. The van der Waals surface area contributed by atoms with Gasteiger partial charge in [0.1, 0.15) is 0 Å². The topological polar surface area (TPSA) is 56.2 Å². The number of nitrogens with two attached hydrogens (primary N) is 1. The van der Waals surface area contributed by atoms with E-state index in [0.717, 1.165) is 22.4 Å². The number of aromatic nitrogens is 2. The van der Waals surface area contributed by atoms with E-state index in [4.69, 9.17) is 5.73 Å². The number of rotatable bonds is 2. The number of aryl methyl sites for hydroxylation is 1. The zero-order chi connectivity index (χ0) is 15.9. The highest BCUT2D eigenvalue weighted by Gasteiger charge is 2.33. The highest BCUT2D eigenvalue weighted by molar-refractivity contribution is 7.17. The van der Waals surface area contributed by atoms with Crippen molar-refractivity contribution in [2.24, 2.45) is 5.10 Å². The van der Waals surface area contributed by atoms with E-state index in [9.17, 15) is 13.2 Å². The summed E-state index contributed by atoms with van der Waals surface area (Å²) in [5, 5.41) is 5.48. The second kappa shape index (κ2) is 5.13. The van der Waals surface area contributed by atoms with Crippen LogP contribution >= 0.6 is 11.3 Å². The highest BCUT2D eigenvalue weighted by atomic mass is 32.1. The molecule has 0 amide bonds. The number of nitrogen functional groups attached to an aromatic ring is 1.